The molecule has 1 aliphatic rings. The van der Waals surface area contributed by atoms with Crippen molar-refractivity contribution >= 4 is 21.8 Å². The molecule has 0 bridgehead atoms. The molecule has 1 heterocycles. The lowest BCUT2D eigenvalue weighted by Gasteiger charge is -2.22. The Hall–Kier alpha value is -1.65. The van der Waals surface area contributed by atoms with Crippen LogP contribution < -0.4 is 5.32 Å². The van der Waals surface area contributed by atoms with E-state index in [4.69, 9.17) is 0 Å². The summed E-state index contributed by atoms with van der Waals surface area (Å²) in [5.74, 6) is 0.907. The second-order valence-electron chi connectivity index (χ2n) is 6.40. The summed E-state index contributed by atoms with van der Waals surface area (Å²) in [5.41, 5.74) is 6.47. The Bertz CT molecular complexity index is 770. The number of aliphatic imine (C=N–C) groups is 1. The monoisotopic (exact) mass is 386 g/mol. The highest BCUT2D eigenvalue weighted by molar-refractivity contribution is 9.10. The van der Waals surface area contributed by atoms with Gasteiger partial charge in [0.2, 0.25) is 0 Å². The summed E-state index contributed by atoms with van der Waals surface area (Å²) < 4.78 is 1.13. The zero-order chi connectivity index (χ0) is 17.1. The van der Waals surface area contributed by atoms with Crippen LogP contribution in [0, 0.1) is 13.8 Å². The van der Waals surface area contributed by atoms with Gasteiger partial charge in [-0.2, -0.15) is 0 Å². The molecule has 1 aliphatic heterocycles. The van der Waals surface area contributed by atoms with Crippen LogP contribution in [-0.2, 0) is 12.8 Å². The molecule has 3 nitrogen and oxygen atoms in total. The Labute approximate surface area is 152 Å². The fourth-order valence-electron chi connectivity index (χ4n) is 3.14. The van der Waals surface area contributed by atoms with Crippen molar-refractivity contribution in [3.63, 3.8) is 0 Å². The molecule has 2 aromatic carbocycles. The zero-order valence-corrected chi connectivity index (χ0v) is 15.7. The van der Waals surface area contributed by atoms with E-state index in [1.807, 2.05) is 0 Å². The molecule has 1 unspecified atom stereocenters. The summed E-state index contributed by atoms with van der Waals surface area (Å²) >= 11 is 3.57. The first-order valence-electron chi connectivity index (χ1n) is 8.35. The van der Waals surface area contributed by atoms with Crippen molar-refractivity contribution in [2.75, 3.05) is 13.1 Å². The molecule has 0 saturated carbocycles. The SMILES string of the molecule is Cc1ccc(Br)cc1CCc1c(C)cccc1C1=NCC(O)CN1. The Balaban J connectivity index is 1.86. The van der Waals surface area contributed by atoms with Gasteiger partial charge in [0, 0.05) is 16.6 Å². The van der Waals surface area contributed by atoms with Gasteiger partial charge in [-0.05, 0) is 61.1 Å². The summed E-state index contributed by atoms with van der Waals surface area (Å²) in [6.07, 6.45) is 1.59. The van der Waals surface area contributed by atoms with Gasteiger partial charge in [-0.25, -0.2) is 0 Å². The van der Waals surface area contributed by atoms with E-state index < -0.39 is 0 Å². The van der Waals surface area contributed by atoms with Gasteiger partial charge in [0.25, 0.3) is 0 Å². The number of nitrogens with zero attached hydrogens (tertiary/aromatic N) is 1. The van der Waals surface area contributed by atoms with Crippen LogP contribution in [0.1, 0.15) is 27.8 Å². The van der Waals surface area contributed by atoms with E-state index >= 15 is 0 Å². The quantitative estimate of drug-likeness (QED) is 0.843. The topological polar surface area (TPSA) is 44.6 Å². The Morgan fingerprint density at radius 3 is 2.75 bits per heavy atom. The van der Waals surface area contributed by atoms with Crippen LogP contribution in [0.4, 0.5) is 0 Å². The summed E-state index contributed by atoms with van der Waals surface area (Å²) in [6.45, 7) is 5.36. The number of hydrogen-bond acceptors (Lipinski definition) is 3. The maximum absolute atomic E-state index is 9.63. The molecular formula is C20H23BrN2O. The zero-order valence-electron chi connectivity index (χ0n) is 14.1. The minimum Gasteiger partial charge on any atom is -0.389 e. The molecule has 0 saturated heterocycles. The number of rotatable bonds is 4. The van der Waals surface area contributed by atoms with E-state index in [0.29, 0.717) is 13.1 Å². The lowest BCUT2D eigenvalue weighted by Crippen LogP contribution is -2.39. The molecule has 4 heteroatoms. The van der Waals surface area contributed by atoms with Crippen LogP contribution in [0.5, 0.6) is 0 Å². The molecule has 126 valence electrons. The van der Waals surface area contributed by atoms with Crippen molar-refractivity contribution in [3.8, 4) is 0 Å². The van der Waals surface area contributed by atoms with Crippen molar-refractivity contribution in [3.05, 3.63) is 68.7 Å². The number of benzene rings is 2. The highest BCUT2D eigenvalue weighted by atomic mass is 79.9. The van der Waals surface area contributed by atoms with E-state index in [9.17, 15) is 5.11 Å². The first-order valence-corrected chi connectivity index (χ1v) is 9.14. The number of halogens is 1. The van der Waals surface area contributed by atoms with Gasteiger partial charge in [0.15, 0.2) is 0 Å². The predicted octanol–water partition coefficient (Wildman–Crippen LogP) is 3.56. The second-order valence-corrected chi connectivity index (χ2v) is 7.31. The second kappa shape index (κ2) is 7.49. The molecular weight excluding hydrogens is 364 g/mol. The van der Waals surface area contributed by atoms with E-state index in [1.54, 1.807) is 0 Å². The fourth-order valence-corrected chi connectivity index (χ4v) is 3.55. The highest BCUT2D eigenvalue weighted by Crippen LogP contribution is 2.21. The standard InChI is InChI=1S/C20H23BrN2O/c1-13-6-8-16(21)10-15(13)7-9-18-14(2)4-3-5-19(18)20-22-11-17(24)12-23-20/h3-6,8,10,17,24H,7,9,11-12H2,1-2H3,(H,22,23). The van der Waals surface area contributed by atoms with Crippen molar-refractivity contribution < 1.29 is 5.11 Å². The molecule has 2 N–H and O–H groups in total. The van der Waals surface area contributed by atoms with Gasteiger partial charge in [-0.3, -0.25) is 4.99 Å². The minimum absolute atomic E-state index is 0.383. The smallest absolute Gasteiger partial charge is 0.128 e. The molecule has 0 aliphatic carbocycles. The van der Waals surface area contributed by atoms with Gasteiger partial charge in [-0.15, -0.1) is 0 Å². The molecule has 0 spiro atoms. The predicted molar refractivity (Wildman–Crippen MR) is 103 cm³/mol. The van der Waals surface area contributed by atoms with Crippen LogP contribution >= 0.6 is 15.9 Å². The van der Waals surface area contributed by atoms with E-state index in [1.165, 1.54) is 22.3 Å². The van der Waals surface area contributed by atoms with Crippen LogP contribution in [0.2, 0.25) is 0 Å². The number of nitrogens with one attached hydrogen (secondary N) is 1. The van der Waals surface area contributed by atoms with E-state index in [0.717, 1.165) is 28.7 Å². The van der Waals surface area contributed by atoms with Gasteiger partial charge >= 0.3 is 0 Å². The maximum atomic E-state index is 9.63. The lowest BCUT2D eigenvalue weighted by molar-refractivity contribution is 0.181. The average Bonchev–Trinajstić information content (AvgIpc) is 2.57. The van der Waals surface area contributed by atoms with Crippen molar-refractivity contribution in [2.45, 2.75) is 32.8 Å². The molecule has 0 fully saturated rings. The number of aliphatic hydroxyl groups excluding tert-OH is 1. The molecule has 1 atom stereocenters. The van der Waals surface area contributed by atoms with Gasteiger partial charge in [0.05, 0.1) is 12.6 Å². The number of β-amino-alcohol motifs (C(OH)–C–C–N with tert-alkyl or cyclic N) is 1. The van der Waals surface area contributed by atoms with Gasteiger partial charge < -0.3 is 10.4 Å². The normalized spacial score (nSPS) is 17.3. The average molecular weight is 387 g/mol. The fraction of sp³-hybridized carbons (Fsp3) is 0.350. The Kier molecular flexibility index (Phi) is 5.36. The van der Waals surface area contributed by atoms with Crippen LogP contribution in [-0.4, -0.2) is 30.1 Å². The summed E-state index contributed by atoms with van der Waals surface area (Å²) in [5, 5.41) is 12.9. The molecule has 0 aromatic heterocycles. The van der Waals surface area contributed by atoms with Crippen molar-refractivity contribution in [1.82, 2.24) is 5.32 Å². The highest BCUT2D eigenvalue weighted by Gasteiger charge is 2.17. The van der Waals surface area contributed by atoms with Gasteiger partial charge in [0.1, 0.15) is 5.84 Å². The third kappa shape index (κ3) is 3.87. The summed E-state index contributed by atoms with van der Waals surface area (Å²) in [7, 11) is 0. The van der Waals surface area contributed by atoms with Crippen molar-refractivity contribution in [1.29, 1.82) is 0 Å². The number of hydrogen-bond donors (Lipinski definition) is 2. The number of aryl methyl sites for hydroxylation is 3. The van der Waals surface area contributed by atoms with Crippen LogP contribution in [0.15, 0.2) is 45.9 Å². The summed E-state index contributed by atoms with van der Waals surface area (Å²) in [4.78, 5) is 4.52. The minimum atomic E-state index is -0.383. The van der Waals surface area contributed by atoms with Crippen molar-refractivity contribution in [2.24, 2.45) is 4.99 Å². The van der Waals surface area contributed by atoms with Crippen LogP contribution in [0.25, 0.3) is 0 Å². The molecule has 0 amide bonds. The number of aliphatic hydroxyl groups is 1. The molecule has 24 heavy (non-hydrogen) atoms. The Morgan fingerprint density at radius 1 is 1.17 bits per heavy atom. The summed E-state index contributed by atoms with van der Waals surface area (Å²) in [6, 6.07) is 12.8. The van der Waals surface area contributed by atoms with E-state index in [2.05, 4.69) is 76.5 Å². The van der Waals surface area contributed by atoms with E-state index in [-0.39, 0.29) is 6.10 Å². The maximum Gasteiger partial charge on any atom is 0.128 e. The molecule has 2 aromatic rings. The number of amidine groups is 1. The third-order valence-electron chi connectivity index (χ3n) is 4.59. The lowest BCUT2D eigenvalue weighted by atomic mass is 9.93. The Morgan fingerprint density at radius 2 is 2.00 bits per heavy atom. The first-order chi connectivity index (χ1) is 11.5. The largest absolute Gasteiger partial charge is 0.389 e. The first kappa shape index (κ1) is 17.2. The van der Waals surface area contributed by atoms with Crippen LogP contribution in [0.3, 0.4) is 0 Å². The molecule has 0 radical (unpaired) electrons. The van der Waals surface area contributed by atoms with Gasteiger partial charge in [-0.1, -0.05) is 40.2 Å². The molecule has 3 rings (SSSR count). The third-order valence-corrected chi connectivity index (χ3v) is 5.08.